The SMILES string of the molecule is COCCNC(=O)CNc1cccc(SC)c1C#N. The molecule has 0 radical (unpaired) electrons. The predicted octanol–water partition coefficient (Wildman–Crippen LogP) is 1.45. The van der Waals surface area contributed by atoms with Gasteiger partial charge >= 0.3 is 0 Å². The Hall–Kier alpha value is -1.71. The minimum absolute atomic E-state index is 0.129. The van der Waals surface area contributed by atoms with Crippen molar-refractivity contribution in [2.45, 2.75) is 4.90 Å². The molecule has 0 aromatic heterocycles. The summed E-state index contributed by atoms with van der Waals surface area (Å²) < 4.78 is 4.84. The van der Waals surface area contributed by atoms with Gasteiger partial charge < -0.3 is 15.4 Å². The van der Waals surface area contributed by atoms with Crippen LogP contribution in [0, 0.1) is 11.3 Å². The molecule has 1 aromatic carbocycles. The Labute approximate surface area is 117 Å². The monoisotopic (exact) mass is 279 g/mol. The Morgan fingerprint density at radius 3 is 2.95 bits per heavy atom. The van der Waals surface area contributed by atoms with E-state index in [1.807, 2.05) is 18.4 Å². The third-order valence-corrected chi connectivity index (χ3v) is 3.21. The van der Waals surface area contributed by atoms with Crippen LogP contribution in [-0.4, -0.2) is 39.0 Å². The molecule has 5 nitrogen and oxygen atoms in total. The van der Waals surface area contributed by atoms with E-state index < -0.39 is 0 Å². The first-order chi connectivity index (χ1) is 9.22. The molecular formula is C13H17N3O2S. The van der Waals surface area contributed by atoms with E-state index >= 15 is 0 Å². The lowest BCUT2D eigenvalue weighted by Gasteiger charge is -2.10. The molecule has 19 heavy (non-hydrogen) atoms. The summed E-state index contributed by atoms with van der Waals surface area (Å²) in [4.78, 5) is 12.4. The molecule has 1 amide bonds. The zero-order chi connectivity index (χ0) is 14.1. The van der Waals surface area contributed by atoms with Crippen molar-refractivity contribution in [3.8, 4) is 6.07 Å². The molecule has 0 saturated heterocycles. The van der Waals surface area contributed by atoms with Gasteiger partial charge in [0.15, 0.2) is 0 Å². The molecule has 0 heterocycles. The number of rotatable bonds is 7. The summed E-state index contributed by atoms with van der Waals surface area (Å²) in [6.45, 7) is 1.10. The Bertz CT molecular complexity index is 471. The van der Waals surface area contributed by atoms with E-state index in [-0.39, 0.29) is 12.5 Å². The largest absolute Gasteiger partial charge is 0.383 e. The zero-order valence-corrected chi connectivity index (χ0v) is 11.8. The fraction of sp³-hybridized carbons (Fsp3) is 0.385. The van der Waals surface area contributed by atoms with Crippen molar-refractivity contribution in [1.82, 2.24) is 5.32 Å². The third-order valence-electron chi connectivity index (χ3n) is 2.43. The number of ether oxygens (including phenoxy) is 1. The van der Waals surface area contributed by atoms with Gasteiger partial charge in [0.2, 0.25) is 5.91 Å². The van der Waals surface area contributed by atoms with Crippen LogP contribution in [0.15, 0.2) is 23.1 Å². The van der Waals surface area contributed by atoms with Crippen LogP contribution in [0.3, 0.4) is 0 Å². The fourth-order valence-electron chi connectivity index (χ4n) is 1.49. The second-order valence-corrected chi connectivity index (χ2v) is 4.54. The number of nitrogens with zero attached hydrogens (tertiary/aromatic N) is 1. The number of nitriles is 1. The van der Waals surface area contributed by atoms with Crippen LogP contribution in [-0.2, 0) is 9.53 Å². The van der Waals surface area contributed by atoms with Crippen LogP contribution in [0.1, 0.15) is 5.56 Å². The number of methoxy groups -OCH3 is 1. The molecule has 1 aromatic rings. The quantitative estimate of drug-likeness (QED) is 0.584. The second-order valence-electron chi connectivity index (χ2n) is 3.69. The van der Waals surface area contributed by atoms with E-state index in [0.717, 1.165) is 4.90 Å². The lowest BCUT2D eigenvalue weighted by Crippen LogP contribution is -2.32. The number of benzene rings is 1. The summed E-state index contributed by atoms with van der Waals surface area (Å²) in [5.74, 6) is -0.129. The Balaban J connectivity index is 2.58. The van der Waals surface area contributed by atoms with Crippen LogP contribution in [0.25, 0.3) is 0 Å². The topological polar surface area (TPSA) is 74.2 Å². The first-order valence-corrected chi connectivity index (χ1v) is 7.02. The molecule has 0 aliphatic heterocycles. The molecule has 102 valence electrons. The number of carbonyl (C=O) groups is 1. The van der Waals surface area contributed by atoms with E-state index in [1.165, 1.54) is 11.8 Å². The first-order valence-electron chi connectivity index (χ1n) is 5.79. The summed E-state index contributed by atoms with van der Waals surface area (Å²) >= 11 is 1.51. The average Bonchev–Trinajstić information content (AvgIpc) is 2.44. The summed E-state index contributed by atoms with van der Waals surface area (Å²) in [7, 11) is 1.58. The van der Waals surface area contributed by atoms with Crippen molar-refractivity contribution in [3.05, 3.63) is 23.8 Å². The lowest BCUT2D eigenvalue weighted by atomic mass is 10.2. The highest BCUT2D eigenvalue weighted by molar-refractivity contribution is 7.98. The molecule has 0 aliphatic carbocycles. The van der Waals surface area contributed by atoms with Gasteiger partial charge in [0, 0.05) is 18.6 Å². The normalized spacial score (nSPS) is 9.74. The van der Waals surface area contributed by atoms with Gasteiger partial charge in [-0.3, -0.25) is 4.79 Å². The number of amides is 1. The van der Waals surface area contributed by atoms with Crippen molar-refractivity contribution in [2.24, 2.45) is 0 Å². The van der Waals surface area contributed by atoms with Gasteiger partial charge in [-0.05, 0) is 18.4 Å². The molecule has 0 fully saturated rings. The van der Waals surface area contributed by atoms with E-state index in [1.54, 1.807) is 13.2 Å². The highest BCUT2D eigenvalue weighted by Crippen LogP contribution is 2.25. The van der Waals surface area contributed by atoms with Crippen molar-refractivity contribution in [3.63, 3.8) is 0 Å². The summed E-state index contributed by atoms with van der Waals surface area (Å²) in [5, 5.41) is 14.8. The van der Waals surface area contributed by atoms with Gasteiger partial charge in [-0.2, -0.15) is 5.26 Å². The van der Waals surface area contributed by atoms with Gasteiger partial charge in [-0.15, -0.1) is 11.8 Å². The van der Waals surface area contributed by atoms with Gasteiger partial charge in [-0.25, -0.2) is 0 Å². The lowest BCUT2D eigenvalue weighted by molar-refractivity contribution is -0.119. The average molecular weight is 279 g/mol. The van der Waals surface area contributed by atoms with E-state index in [9.17, 15) is 4.79 Å². The van der Waals surface area contributed by atoms with Gasteiger partial charge in [0.1, 0.15) is 6.07 Å². The number of hydrogen-bond donors (Lipinski definition) is 2. The van der Waals surface area contributed by atoms with Crippen LogP contribution in [0.4, 0.5) is 5.69 Å². The molecular weight excluding hydrogens is 262 g/mol. The maximum absolute atomic E-state index is 11.5. The minimum Gasteiger partial charge on any atom is -0.383 e. The van der Waals surface area contributed by atoms with E-state index in [4.69, 9.17) is 10.00 Å². The first kappa shape index (κ1) is 15.3. The molecule has 0 bridgehead atoms. The number of hydrogen-bond acceptors (Lipinski definition) is 5. The third kappa shape index (κ3) is 4.81. The van der Waals surface area contributed by atoms with Gasteiger partial charge in [-0.1, -0.05) is 6.07 Å². The van der Waals surface area contributed by atoms with E-state index in [0.29, 0.717) is 24.4 Å². The zero-order valence-electron chi connectivity index (χ0n) is 11.0. The highest BCUT2D eigenvalue weighted by atomic mass is 32.2. The predicted molar refractivity (Wildman–Crippen MR) is 76.3 cm³/mol. The number of carbonyl (C=O) groups excluding carboxylic acids is 1. The standard InChI is InChI=1S/C13H17N3O2S/c1-18-7-6-15-13(17)9-16-11-4-3-5-12(19-2)10(11)8-14/h3-5,16H,6-7,9H2,1-2H3,(H,15,17). The second kappa shape index (κ2) is 8.40. The van der Waals surface area contributed by atoms with Gasteiger partial charge in [0.25, 0.3) is 0 Å². The Morgan fingerprint density at radius 1 is 1.53 bits per heavy atom. The van der Waals surface area contributed by atoms with Crippen LogP contribution in [0.5, 0.6) is 0 Å². The number of anilines is 1. The summed E-state index contributed by atoms with van der Waals surface area (Å²) in [6.07, 6.45) is 1.91. The Kier molecular flexibility index (Phi) is 6.79. The molecule has 1 rings (SSSR count). The molecule has 0 aliphatic rings. The smallest absolute Gasteiger partial charge is 0.239 e. The fourth-order valence-corrected chi connectivity index (χ4v) is 2.07. The van der Waals surface area contributed by atoms with Crippen molar-refractivity contribution >= 4 is 23.4 Å². The number of nitrogens with one attached hydrogen (secondary N) is 2. The molecule has 0 unspecified atom stereocenters. The maximum atomic E-state index is 11.5. The number of thioether (sulfide) groups is 1. The van der Waals surface area contributed by atoms with Crippen LogP contribution < -0.4 is 10.6 Å². The Morgan fingerprint density at radius 2 is 2.32 bits per heavy atom. The highest BCUT2D eigenvalue weighted by Gasteiger charge is 2.08. The van der Waals surface area contributed by atoms with Gasteiger partial charge in [0.05, 0.1) is 24.4 Å². The molecule has 0 spiro atoms. The molecule has 0 saturated carbocycles. The van der Waals surface area contributed by atoms with Crippen molar-refractivity contribution < 1.29 is 9.53 Å². The van der Waals surface area contributed by atoms with Crippen molar-refractivity contribution in [1.29, 1.82) is 5.26 Å². The van der Waals surface area contributed by atoms with E-state index in [2.05, 4.69) is 16.7 Å². The molecule has 6 heteroatoms. The maximum Gasteiger partial charge on any atom is 0.239 e. The van der Waals surface area contributed by atoms with Crippen LogP contribution in [0.2, 0.25) is 0 Å². The molecule has 2 N–H and O–H groups in total. The molecule has 0 atom stereocenters. The van der Waals surface area contributed by atoms with Crippen molar-refractivity contribution in [2.75, 3.05) is 38.4 Å². The summed E-state index contributed by atoms with van der Waals surface area (Å²) in [5.41, 5.74) is 1.25. The minimum atomic E-state index is -0.129. The summed E-state index contributed by atoms with van der Waals surface area (Å²) in [6, 6.07) is 7.69. The van der Waals surface area contributed by atoms with Crippen LogP contribution >= 0.6 is 11.8 Å².